The van der Waals surface area contributed by atoms with Crippen molar-refractivity contribution in [3.05, 3.63) is 95.1 Å². The van der Waals surface area contributed by atoms with E-state index in [9.17, 15) is 26.4 Å². The molecule has 1 heterocycles. The predicted molar refractivity (Wildman–Crippen MR) is 157 cm³/mol. The first-order chi connectivity index (χ1) is 20.0. The number of nitrogens with zero attached hydrogens (tertiary/aromatic N) is 1. The Kier molecular flexibility index (Phi) is 10.3. The van der Waals surface area contributed by atoms with Gasteiger partial charge < -0.3 is 15.0 Å². The average Bonchev–Trinajstić information content (AvgIpc) is 3.42. The summed E-state index contributed by atoms with van der Waals surface area (Å²) in [6, 6.07) is 19.2. The molecular formula is C32H37F3N2O4S. The van der Waals surface area contributed by atoms with Crippen molar-refractivity contribution >= 4 is 21.4 Å². The minimum atomic E-state index is -4.37. The second-order valence-corrected chi connectivity index (χ2v) is 12.8. The van der Waals surface area contributed by atoms with Crippen LogP contribution in [0, 0.1) is 0 Å². The number of alkyl halides is 3. The molecule has 1 N–H and O–H groups in total. The van der Waals surface area contributed by atoms with Crippen LogP contribution in [0.4, 0.5) is 18.9 Å². The van der Waals surface area contributed by atoms with Crippen molar-refractivity contribution in [3.8, 4) is 0 Å². The van der Waals surface area contributed by atoms with Gasteiger partial charge in [-0.25, -0.2) is 8.42 Å². The summed E-state index contributed by atoms with van der Waals surface area (Å²) in [6.45, 7) is 5.74. The van der Waals surface area contributed by atoms with Crippen LogP contribution in [0.25, 0.3) is 0 Å². The van der Waals surface area contributed by atoms with Crippen LogP contribution >= 0.6 is 0 Å². The van der Waals surface area contributed by atoms with Gasteiger partial charge in [-0.2, -0.15) is 13.2 Å². The summed E-state index contributed by atoms with van der Waals surface area (Å²) in [5, 5.41) is 2.87. The van der Waals surface area contributed by atoms with Gasteiger partial charge in [-0.3, -0.25) is 4.79 Å². The fraction of sp³-hybridized carbons (Fsp3) is 0.406. The monoisotopic (exact) mass is 602 g/mol. The summed E-state index contributed by atoms with van der Waals surface area (Å²) in [5.41, 5.74) is 2.39. The number of sulfone groups is 1. The largest absolute Gasteiger partial charge is 0.416 e. The molecule has 0 aromatic heterocycles. The molecule has 10 heteroatoms. The van der Waals surface area contributed by atoms with E-state index in [4.69, 9.17) is 4.74 Å². The van der Waals surface area contributed by atoms with Gasteiger partial charge in [0.15, 0.2) is 9.84 Å². The number of carbonyl (C=O) groups is 1. The molecule has 4 rings (SSSR count). The van der Waals surface area contributed by atoms with Crippen molar-refractivity contribution in [1.29, 1.82) is 0 Å². The van der Waals surface area contributed by atoms with Gasteiger partial charge in [-0.1, -0.05) is 44.5 Å². The zero-order valence-electron chi connectivity index (χ0n) is 23.9. The molecule has 3 aromatic carbocycles. The fourth-order valence-electron chi connectivity index (χ4n) is 5.11. The van der Waals surface area contributed by atoms with Crippen LogP contribution in [0.2, 0.25) is 0 Å². The van der Waals surface area contributed by atoms with E-state index in [-0.39, 0.29) is 35.1 Å². The normalized spacial score (nSPS) is 17.4. The molecule has 0 saturated carbocycles. The summed E-state index contributed by atoms with van der Waals surface area (Å²) in [7, 11) is -3.28. The van der Waals surface area contributed by atoms with Crippen molar-refractivity contribution in [2.45, 2.75) is 62.7 Å². The highest BCUT2D eigenvalue weighted by atomic mass is 32.2. The fourth-order valence-corrected chi connectivity index (χ4v) is 6.00. The lowest BCUT2D eigenvalue weighted by Crippen LogP contribution is -2.33. The van der Waals surface area contributed by atoms with Crippen molar-refractivity contribution < 1.29 is 31.1 Å². The number of hydrogen-bond acceptors (Lipinski definition) is 5. The maximum absolute atomic E-state index is 13.1. The van der Waals surface area contributed by atoms with Crippen LogP contribution in [0.1, 0.15) is 66.1 Å². The highest BCUT2D eigenvalue weighted by Crippen LogP contribution is 2.37. The van der Waals surface area contributed by atoms with Crippen molar-refractivity contribution in [2.24, 2.45) is 0 Å². The summed E-state index contributed by atoms with van der Waals surface area (Å²) >= 11 is 0. The summed E-state index contributed by atoms with van der Waals surface area (Å²) in [4.78, 5) is 15.3. The third-order valence-corrected chi connectivity index (χ3v) is 9.40. The number of rotatable bonds is 12. The van der Waals surface area contributed by atoms with Gasteiger partial charge in [0, 0.05) is 36.9 Å². The molecular weight excluding hydrogens is 565 g/mol. The van der Waals surface area contributed by atoms with Gasteiger partial charge >= 0.3 is 6.18 Å². The summed E-state index contributed by atoms with van der Waals surface area (Å²) < 4.78 is 69.1. The average molecular weight is 603 g/mol. The Bertz CT molecular complexity index is 1420. The first-order valence-electron chi connectivity index (χ1n) is 14.2. The molecule has 1 fully saturated rings. The third-order valence-electron chi connectivity index (χ3n) is 7.65. The Morgan fingerprint density at radius 2 is 1.64 bits per heavy atom. The molecule has 1 saturated heterocycles. The lowest BCUT2D eigenvalue weighted by Gasteiger charge is -2.27. The molecule has 0 spiro atoms. The van der Waals surface area contributed by atoms with Gasteiger partial charge in [0.1, 0.15) is 0 Å². The number of hydrogen-bond donors (Lipinski definition) is 1. The Balaban J connectivity index is 1.42. The summed E-state index contributed by atoms with van der Waals surface area (Å²) in [5.74, 6) is -0.178. The van der Waals surface area contributed by atoms with Crippen LogP contribution < -0.4 is 10.2 Å². The molecule has 3 aromatic rings. The van der Waals surface area contributed by atoms with Crippen molar-refractivity contribution in [3.63, 3.8) is 0 Å². The number of amides is 1. The highest BCUT2D eigenvalue weighted by molar-refractivity contribution is 7.91. The topological polar surface area (TPSA) is 75.7 Å². The number of halogens is 3. The van der Waals surface area contributed by atoms with Gasteiger partial charge in [-0.05, 0) is 72.5 Å². The van der Waals surface area contributed by atoms with Gasteiger partial charge in [-0.15, -0.1) is 0 Å². The van der Waals surface area contributed by atoms with Crippen LogP contribution in [0.5, 0.6) is 0 Å². The van der Waals surface area contributed by atoms with E-state index < -0.39 is 21.6 Å². The molecule has 1 aliphatic rings. The molecule has 42 heavy (non-hydrogen) atoms. The molecule has 226 valence electrons. The Morgan fingerprint density at radius 1 is 0.976 bits per heavy atom. The number of nitrogens with one attached hydrogen (secondary N) is 1. The smallest absolute Gasteiger partial charge is 0.379 e. The minimum absolute atomic E-state index is 0.0266. The Hall–Kier alpha value is -3.37. The van der Waals surface area contributed by atoms with Gasteiger partial charge in [0.2, 0.25) is 0 Å². The quantitative estimate of drug-likeness (QED) is 0.236. The minimum Gasteiger partial charge on any atom is -0.379 e. The number of anilines is 1. The van der Waals surface area contributed by atoms with Crippen molar-refractivity contribution in [1.82, 2.24) is 5.32 Å². The van der Waals surface area contributed by atoms with E-state index in [1.165, 1.54) is 0 Å². The standard InChI is InChI=1S/C32H37F3N2O4S/c1-3-5-18-41-22-29-19-26(24-8-12-27(13-9-24)32(33,34)35)21-37(29)28-14-10-25(11-15-28)31(38)36-20-23-6-16-30(17-7-23)42(39,40)4-2/h6-17,26,29H,3-5,18-22H2,1-2H3,(H,36,38)/t26?,29-/m0/s1. The molecule has 1 unspecified atom stereocenters. The molecule has 0 aliphatic carbocycles. The van der Waals surface area contributed by atoms with E-state index in [1.54, 1.807) is 55.5 Å². The van der Waals surface area contributed by atoms with Crippen LogP contribution in [-0.4, -0.2) is 45.9 Å². The number of carbonyl (C=O) groups excluding carboxylic acids is 1. The van der Waals surface area contributed by atoms with Gasteiger partial charge in [0.25, 0.3) is 5.91 Å². The number of unbranched alkanes of at least 4 members (excludes halogenated alkanes) is 1. The highest BCUT2D eigenvalue weighted by Gasteiger charge is 2.35. The molecule has 2 atom stereocenters. The molecule has 0 bridgehead atoms. The first-order valence-corrected chi connectivity index (χ1v) is 15.9. The molecule has 1 amide bonds. The van der Waals surface area contributed by atoms with E-state index in [0.29, 0.717) is 25.3 Å². The third kappa shape index (κ3) is 7.92. The van der Waals surface area contributed by atoms with Crippen LogP contribution in [0.3, 0.4) is 0 Å². The van der Waals surface area contributed by atoms with E-state index >= 15 is 0 Å². The molecule has 6 nitrogen and oxygen atoms in total. The molecule has 0 radical (unpaired) electrons. The SMILES string of the molecule is CCCCOC[C@@H]1CC(c2ccc(C(F)(F)F)cc2)CN1c1ccc(C(=O)NCc2ccc(S(=O)(=O)CC)cc2)cc1. The molecule has 1 aliphatic heterocycles. The number of benzene rings is 3. The summed E-state index contributed by atoms with van der Waals surface area (Å²) in [6.07, 6.45) is -1.64. The van der Waals surface area contributed by atoms with Crippen LogP contribution in [-0.2, 0) is 27.3 Å². The second kappa shape index (κ2) is 13.7. The van der Waals surface area contributed by atoms with E-state index in [0.717, 1.165) is 48.2 Å². The maximum Gasteiger partial charge on any atom is 0.416 e. The lowest BCUT2D eigenvalue weighted by molar-refractivity contribution is -0.137. The van der Waals surface area contributed by atoms with Crippen LogP contribution in [0.15, 0.2) is 77.7 Å². The Labute approximate surface area is 245 Å². The second-order valence-electron chi connectivity index (χ2n) is 10.6. The lowest BCUT2D eigenvalue weighted by atomic mass is 9.95. The zero-order valence-corrected chi connectivity index (χ0v) is 24.7. The predicted octanol–water partition coefficient (Wildman–Crippen LogP) is 6.61. The maximum atomic E-state index is 13.1. The first kappa shape index (κ1) is 31.6. The number of ether oxygens (including phenoxy) is 1. The Morgan fingerprint density at radius 3 is 2.24 bits per heavy atom. The van der Waals surface area contributed by atoms with E-state index in [1.807, 2.05) is 12.1 Å². The zero-order chi connectivity index (χ0) is 30.3. The van der Waals surface area contributed by atoms with Crippen molar-refractivity contribution in [2.75, 3.05) is 30.4 Å². The van der Waals surface area contributed by atoms with Gasteiger partial charge in [0.05, 0.1) is 28.9 Å². The van der Waals surface area contributed by atoms with E-state index in [2.05, 4.69) is 17.1 Å².